The molecule has 0 aliphatic heterocycles. The lowest BCUT2D eigenvalue weighted by Crippen LogP contribution is -2.21. The fourth-order valence-corrected chi connectivity index (χ4v) is 2.20. The minimum atomic E-state index is -5.08. The van der Waals surface area contributed by atoms with E-state index in [-0.39, 0.29) is 0 Å². The molecule has 0 amide bonds. The molecule has 2 aromatic carbocycles. The van der Waals surface area contributed by atoms with Crippen LogP contribution in [0.15, 0.2) is 52.9 Å². The van der Waals surface area contributed by atoms with E-state index in [1.54, 1.807) is 0 Å². The second kappa shape index (κ2) is 8.44. The molecule has 1 aromatic heterocycles. The lowest BCUT2D eigenvalue weighted by atomic mass is 10.1. The lowest BCUT2D eigenvalue weighted by Gasteiger charge is -1.98. The van der Waals surface area contributed by atoms with Crippen LogP contribution in [0.2, 0.25) is 0 Å². The van der Waals surface area contributed by atoms with Crippen molar-refractivity contribution in [3.63, 3.8) is 0 Å². The van der Waals surface area contributed by atoms with Crippen LogP contribution in [-0.2, 0) is 4.79 Å². The first-order valence-electron chi connectivity index (χ1n) is 7.95. The maximum Gasteiger partial charge on any atom is 0.490 e. The number of rotatable bonds is 3. The quantitative estimate of drug-likeness (QED) is 0.625. The Kier molecular flexibility index (Phi) is 6.28. The molecule has 142 valence electrons. The summed E-state index contributed by atoms with van der Waals surface area (Å²) in [6.07, 6.45) is -1.02. The first kappa shape index (κ1) is 20.1. The molecule has 2 N–H and O–H groups in total. The Balaban J connectivity index is 0.000000321. The second-order valence-electron chi connectivity index (χ2n) is 5.70. The van der Waals surface area contributed by atoms with Gasteiger partial charge in [0.05, 0.1) is 0 Å². The number of aryl methyl sites for hydroxylation is 1. The highest BCUT2D eigenvalue weighted by Gasteiger charge is 2.38. The predicted octanol–water partition coefficient (Wildman–Crippen LogP) is 5.59. The zero-order chi connectivity index (χ0) is 20.0. The summed E-state index contributed by atoms with van der Waals surface area (Å²) in [6, 6.07) is 16.6. The maximum absolute atomic E-state index is 10.6. The van der Waals surface area contributed by atoms with Gasteiger partial charge >= 0.3 is 12.1 Å². The first-order valence-corrected chi connectivity index (χ1v) is 7.95. The van der Waals surface area contributed by atoms with Gasteiger partial charge in [0.25, 0.3) is 0 Å². The van der Waals surface area contributed by atoms with Crippen LogP contribution >= 0.6 is 0 Å². The van der Waals surface area contributed by atoms with E-state index in [4.69, 9.17) is 14.3 Å². The van der Waals surface area contributed by atoms with Crippen molar-refractivity contribution >= 4 is 34.8 Å². The van der Waals surface area contributed by atoms with Crippen molar-refractivity contribution in [2.24, 2.45) is 0 Å². The Morgan fingerprint density at radius 3 is 2.26 bits per heavy atom. The van der Waals surface area contributed by atoms with Crippen LogP contribution < -0.4 is 5.32 Å². The van der Waals surface area contributed by atoms with Gasteiger partial charge < -0.3 is 14.8 Å². The number of benzene rings is 2. The third-order valence-electron chi connectivity index (χ3n) is 3.57. The molecule has 0 saturated carbocycles. The van der Waals surface area contributed by atoms with Crippen LogP contribution in [0.1, 0.15) is 16.9 Å². The summed E-state index contributed by atoms with van der Waals surface area (Å²) in [5, 5.41) is 11.4. The smallest absolute Gasteiger partial charge is 0.475 e. The standard InChI is InChI=1S/C18H17NO.C2HF3O2/c1-13-3-10-18-15(11-13)12-17(20-18)9-6-14-4-7-16(19-2)8-5-14;3-2(4,5)1(6)7/h3-12,19H,1-2H3;(H,6,7). The minimum absolute atomic E-state index is 0.878. The van der Waals surface area contributed by atoms with Crippen molar-refractivity contribution in [1.29, 1.82) is 0 Å². The SMILES string of the molecule is CNc1ccc(C=Cc2cc3cc(C)ccc3o2)cc1.O=C(O)C(F)(F)F. The second-order valence-corrected chi connectivity index (χ2v) is 5.70. The summed E-state index contributed by atoms with van der Waals surface area (Å²) in [5.74, 6) is -1.88. The van der Waals surface area contributed by atoms with Crippen LogP contribution in [-0.4, -0.2) is 24.3 Å². The Bertz CT molecular complexity index is 941. The minimum Gasteiger partial charge on any atom is -0.475 e. The zero-order valence-corrected chi connectivity index (χ0v) is 14.7. The Morgan fingerprint density at radius 2 is 1.70 bits per heavy atom. The topological polar surface area (TPSA) is 62.5 Å². The molecule has 0 saturated heterocycles. The Morgan fingerprint density at radius 1 is 1.07 bits per heavy atom. The summed E-state index contributed by atoms with van der Waals surface area (Å²) < 4.78 is 37.5. The molecule has 0 aliphatic carbocycles. The summed E-state index contributed by atoms with van der Waals surface area (Å²) in [4.78, 5) is 8.90. The fourth-order valence-electron chi connectivity index (χ4n) is 2.20. The number of hydrogen-bond donors (Lipinski definition) is 2. The molecule has 27 heavy (non-hydrogen) atoms. The predicted molar refractivity (Wildman–Crippen MR) is 99.6 cm³/mol. The number of carboxylic acid groups (broad SMARTS) is 1. The van der Waals surface area contributed by atoms with Crippen molar-refractivity contribution in [3.05, 3.63) is 65.4 Å². The van der Waals surface area contributed by atoms with Gasteiger partial charge in [-0.3, -0.25) is 0 Å². The van der Waals surface area contributed by atoms with Crippen molar-refractivity contribution in [2.75, 3.05) is 12.4 Å². The van der Waals surface area contributed by atoms with E-state index < -0.39 is 12.1 Å². The van der Waals surface area contributed by atoms with Crippen LogP contribution in [0, 0.1) is 6.92 Å². The van der Waals surface area contributed by atoms with Gasteiger partial charge in [-0.1, -0.05) is 29.8 Å². The van der Waals surface area contributed by atoms with Crippen LogP contribution in [0.3, 0.4) is 0 Å². The number of halogens is 3. The van der Waals surface area contributed by atoms with Crippen LogP contribution in [0.5, 0.6) is 0 Å². The highest BCUT2D eigenvalue weighted by Crippen LogP contribution is 2.22. The number of nitrogens with one attached hydrogen (secondary N) is 1. The number of carboxylic acids is 1. The van der Waals surface area contributed by atoms with Gasteiger partial charge in [0.15, 0.2) is 0 Å². The molecule has 3 rings (SSSR count). The van der Waals surface area contributed by atoms with Gasteiger partial charge in [-0.25, -0.2) is 4.79 Å². The van der Waals surface area contributed by atoms with Crippen LogP contribution in [0.4, 0.5) is 18.9 Å². The highest BCUT2D eigenvalue weighted by atomic mass is 19.4. The van der Waals surface area contributed by atoms with E-state index in [9.17, 15) is 13.2 Å². The Labute approximate surface area is 153 Å². The number of carbonyl (C=O) groups is 1. The number of hydrogen-bond acceptors (Lipinski definition) is 3. The molecule has 0 spiro atoms. The first-order chi connectivity index (χ1) is 12.7. The molecular formula is C20H18F3NO3. The highest BCUT2D eigenvalue weighted by molar-refractivity contribution is 5.82. The third-order valence-corrected chi connectivity index (χ3v) is 3.57. The van der Waals surface area contributed by atoms with Gasteiger partial charge in [0.2, 0.25) is 0 Å². The van der Waals surface area contributed by atoms with Crippen LogP contribution in [0.25, 0.3) is 23.1 Å². The van der Waals surface area contributed by atoms with Crippen molar-refractivity contribution in [1.82, 2.24) is 0 Å². The normalized spacial score (nSPS) is 11.3. The van der Waals surface area contributed by atoms with Gasteiger partial charge in [-0.05, 0) is 48.9 Å². The molecule has 3 aromatic rings. The average Bonchev–Trinajstić information content (AvgIpc) is 3.02. The van der Waals surface area contributed by atoms with E-state index in [0.29, 0.717) is 0 Å². The number of aliphatic carboxylic acids is 1. The summed E-state index contributed by atoms with van der Waals surface area (Å²) in [5.41, 5.74) is 4.44. The van der Waals surface area contributed by atoms with E-state index in [2.05, 4.69) is 60.8 Å². The molecular weight excluding hydrogens is 359 g/mol. The summed E-state index contributed by atoms with van der Waals surface area (Å²) >= 11 is 0. The maximum atomic E-state index is 10.6. The molecule has 7 heteroatoms. The summed E-state index contributed by atoms with van der Waals surface area (Å²) in [7, 11) is 1.92. The van der Waals surface area contributed by atoms with Gasteiger partial charge in [0, 0.05) is 18.1 Å². The van der Waals surface area contributed by atoms with E-state index in [1.807, 2.05) is 19.2 Å². The molecule has 0 unspecified atom stereocenters. The fraction of sp³-hybridized carbons (Fsp3) is 0.150. The van der Waals surface area contributed by atoms with E-state index in [1.165, 1.54) is 5.56 Å². The average molecular weight is 377 g/mol. The largest absolute Gasteiger partial charge is 0.490 e. The molecule has 0 fully saturated rings. The summed E-state index contributed by atoms with van der Waals surface area (Å²) in [6.45, 7) is 2.09. The molecule has 0 atom stereocenters. The molecule has 4 nitrogen and oxygen atoms in total. The third kappa shape index (κ3) is 5.91. The van der Waals surface area contributed by atoms with E-state index >= 15 is 0 Å². The molecule has 0 aliphatic rings. The molecule has 0 bridgehead atoms. The van der Waals surface area contributed by atoms with Gasteiger partial charge in [0.1, 0.15) is 11.3 Å². The molecule has 1 heterocycles. The molecule has 0 radical (unpaired) electrons. The Hall–Kier alpha value is -3.22. The van der Waals surface area contributed by atoms with Crippen molar-refractivity contribution in [3.8, 4) is 0 Å². The lowest BCUT2D eigenvalue weighted by molar-refractivity contribution is -0.192. The van der Waals surface area contributed by atoms with E-state index in [0.717, 1.165) is 28.0 Å². The van der Waals surface area contributed by atoms with Gasteiger partial charge in [-0.2, -0.15) is 13.2 Å². The number of furan rings is 1. The van der Waals surface area contributed by atoms with Gasteiger partial charge in [-0.15, -0.1) is 0 Å². The monoisotopic (exact) mass is 377 g/mol. The van der Waals surface area contributed by atoms with Crippen molar-refractivity contribution in [2.45, 2.75) is 13.1 Å². The van der Waals surface area contributed by atoms with Crippen molar-refractivity contribution < 1.29 is 27.5 Å². The zero-order valence-electron chi connectivity index (χ0n) is 14.7. The number of fused-ring (bicyclic) bond motifs is 1. The number of alkyl halides is 3. The number of anilines is 1.